The maximum Gasteiger partial charge on any atom is 0.272 e. The van der Waals surface area contributed by atoms with Crippen LogP contribution in [0.1, 0.15) is 50.7 Å². The largest absolute Gasteiger partial charge is 0.488 e. The number of nitrogen functional groups attached to an aromatic ring is 1. The lowest BCUT2D eigenvalue weighted by atomic mass is 10.2. The summed E-state index contributed by atoms with van der Waals surface area (Å²) in [6.45, 7) is 7.90. The fourth-order valence-electron chi connectivity index (χ4n) is 2.73. The van der Waals surface area contributed by atoms with Crippen molar-refractivity contribution >= 4 is 11.4 Å². The number of rotatable bonds is 5. The predicted octanol–water partition coefficient (Wildman–Crippen LogP) is 5.34. The van der Waals surface area contributed by atoms with Gasteiger partial charge < -0.3 is 15.2 Å². The van der Waals surface area contributed by atoms with Crippen LogP contribution in [-0.4, -0.2) is 16.1 Å². The molecule has 0 saturated heterocycles. The van der Waals surface area contributed by atoms with Gasteiger partial charge in [-0.15, -0.1) is 0 Å². The molecule has 4 rings (SSSR count). The van der Waals surface area contributed by atoms with Gasteiger partial charge in [-0.05, 0) is 89.3 Å². The number of nitro benzene ring substituents is 1. The summed E-state index contributed by atoms with van der Waals surface area (Å²) in [4.78, 5) is 10.2. The number of aryl methyl sites for hydroxylation is 2. The van der Waals surface area contributed by atoms with Crippen LogP contribution in [0.5, 0.6) is 11.5 Å². The van der Waals surface area contributed by atoms with E-state index in [9.17, 15) is 10.1 Å². The summed E-state index contributed by atoms with van der Waals surface area (Å²) in [6.07, 6.45) is 4.44. The predicted molar refractivity (Wildman–Crippen MR) is 110 cm³/mol. The van der Waals surface area contributed by atoms with Crippen molar-refractivity contribution in [1.29, 1.82) is 0 Å². The van der Waals surface area contributed by atoms with E-state index < -0.39 is 0 Å². The van der Waals surface area contributed by atoms with Crippen LogP contribution in [0.3, 0.4) is 0 Å². The van der Waals surface area contributed by atoms with Gasteiger partial charge in [0.05, 0.1) is 4.92 Å². The Kier molecular flexibility index (Phi) is 5.24. The first-order chi connectivity index (χ1) is 13.1. The van der Waals surface area contributed by atoms with Gasteiger partial charge in [0.15, 0.2) is 0 Å². The molecule has 0 atom stereocenters. The van der Waals surface area contributed by atoms with Crippen LogP contribution < -0.4 is 15.2 Å². The van der Waals surface area contributed by atoms with Crippen LogP contribution in [0.25, 0.3) is 0 Å². The molecule has 2 N–H and O–H groups in total. The number of nitrogens with two attached hydrogens (primary N) is 1. The zero-order valence-electron chi connectivity index (χ0n) is 17.0. The highest BCUT2D eigenvalue weighted by Gasteiger charge is 2.40. The van der Waals surface area contributed by atoms with E-state index in [4.69, 9.17) is 15.2 Å². The van der Waals surface area contributed by atoms with Crippen molar-refractivity contribution < 1.29 is 14.4 Å². The molecule has 0 aromatic heterocycles. The molecule has 6 heteroatoms. The van der Waals surface area contributed by atoms with Gasteiger partial charge in [0.1, 0.15) is 22.7 Å². The fraction of sp³-hybridized carbons (Fsp3) is 0.455. The van der Waals surface area contributed by atoms with E-state index in [0.717, 1.165) is 48.4 Å². The highest BCUT2D eigenvalue weighted by atomic mass is 16.6. The Labute approximate surface area is 165 Å². The van der Waals surface area contributed by atoms with Crippen LogP contribution in [0.15, 0.2) is 36.4 Å². The van der Waals surface area contributed by atoms with Crippen LogP contribution in [0.2, 0.25) is 0 Å². The maximum atomic E-state index is 10.6. The van der Waals surface area contributed by atoms with Gasteiger partial charge >= 0.3 is 0 Å². The van der Waals surface area contributed by atoms with E-state index in [2.05, 4.69) is 6.92 Å². The molecule has 0 bridgehead atoms. The highest BCUT2D eigenvalue weighted by molar-refractivity contribution is 5.49. The van der Waals surface area contributed by atoms with Gasteiger partial charge in [-0.3, -0.25) is 10.1 Å². The Morgan fingerprint density at radius 3 is 1.75 bits per heavy atom. The first-order valence-electron chi connectivity index (χ1n) is 9.58. The topological polar surface area (TPSA) is 87.6 Å². The first-order valence-corrected chi connectivity index (χ1v) is 9.58. The summed E-state index contributed by atoms with van der Waals surface area (Å²) in [5.74, 6) is 1.66. The molecule has 0 spiro atoms. The molecule has 2 aromatic rings. The molecule has 28 heavy (non-hydrogen) atoms. The average molecular weight is 384 g/mol. The number of anilines is 1. The highest BCUT2D eigenvalue weighted by Crippen LogP contribution is 2.40. The van der Waals surface area contributed by atoms with E-state index in [1.54, 1.807) is 19.1 Å². The van der Waals surface area contributed by atoms with Gasteiger partial charge in [-0.25, -0.2) is 0 Å². The second-order valence-corrected chi connectivity index (χ2v) is 8.33. The third-order valence-corrected chi connectivity index (χ3v) is 5.24. The zero-order chi connectivity index (χ0) is 20.5. The first kappa shape index (κ1) is 20.0. The lowest BCUT2D eigenvalue weighted by Gasteiger charge is -2.13. The summed E-state index contributed by atoms with van der Waals surface area (Å²) >= 11 is 0. The number of hydrogen-bond acceptors (Lipinski definition) is 5. The summed E-state index contributed by atoms with van der Waals surface area (Å²) in [5, 5.41) is 10.6. The van der Waals surface area contributed by atoms with Gasteiger partial charge in [-0.2, -0.15) is 0 Å². The Morgan fingerprint density at radius 1 is 0.893 bits per heavy atom. The molecule has 0 radical (unpaired) electrons. The summed E-state index contributed by atoms with van der Waals surface area (Å²) < 4.78 is 11.5. The van der Waals surface area contributed by atoms with Crippen molar-refractivity contribution in [2.45, 2.75) is 64.6 Å². The second-order valence-electron chi connectivity index (χ2n) is 8.33. The Balaban J connectivity index is 0.000000162. The van der Waals surface area contributed by atoms with Crippen molar-refractivity contribution in [3.63, 3.8) is 0 Å². The van der Waals surface area contributed by atoms with Gasteiger partial charge in [0.25, 0.3) is 5.69 Å². The molecular weight excluding hydrogens is 356 g/mol. The lowest BCUT2D eigenvalue weighted by molar-refractivity contribution is -0.385. The third-order valence-electron chi connectivity index (χ3n) is 5.24. The third kappa shape index (κ3) is 5.15. The van der Waals surface area contributed by atoms with Gasteiger partial charge in [0, 0.05) is 17.3 Å². The smallest absolute Gasteiger partial charge is 0.272 e. The number of nitrogens with zero attached hydrogens (tertiary/aromatic N) is 1. The van der Waals surface area contributed by atoms with Crippen LogP contribution in [-0.2, 0) is 0 Å². The fourth-order valence-corrected chi connectivity index (χ4v) is 2.73. The van der Waals surface area contributed by atoms with Crippen molar-refractivity contribution in [3.05, 3.63) is 57.6 Å². The molecule has 2 aromatic carbocycles. The second kappa shape index (κ2) is 7.34. The molecule has 0 heterocycles. The molecule has 2 saturated carbocycles. The van der Waals surface area contributed by atoms with Crippen molar-refractivity contribution in [1.82, 2.24) is 0 Å². The lowest BCUT2D eigenvalue weighted by Crippen LogP contribution is -2.12. The molecule has 0 unspecified atom stereocenters. The van der Waals surface area contributed by atoms with Crippen molar-refractivity contribution in [2.24, 2.45) is 0 Å². The minimum absolute atomic E-state index is 0.0391. The quantitative estimate of drug-likeness (QED) is 0.427. The van der Waals surface area contributed by atoms with E-state index in [1.807, 2.05) is 32.0 Å². The van der Waals surface area contributed by atoms with E-state index in [-0.39, 0.29) is 21.8 Å². The molecule has 0 amide bonds. The Hall–Kier alpha value is -2.76. The van der Waals surface area contributed by atoms with E-state index in [1.165, 1.54) is 6.07 Å². The molecule has 150 valence electrons. The maximum absolute atomic E-state index is 10.6. The average Bonchev–Trinajstić information content (AvgIpc) is 3.51. The minimum atomic E-state index is -0.377. The van der Waals surface area contributed by atoms with Gasteiger partial charge in [-0.1, -0.05) is 0 Å². The monoisotopic (exact) mass is 384 g/mol. The van der Waals surface area contributed by atoms with E-state index in [0.29, 0.717) is 5.56 Å². The number of benzene rings is 2. The van der Waals surface area contributed by atoms with Crippen molar-refractivity contribution in [3.8, 4) is 11.5 Å². The molecular formula is C22H28N2O4. The van der Waals surface area contributed by atoms with Crippen LogP contribution >= 0.6 is 0 Å². The minimum Gasteiger partial charge on any atom is -0.488 e. The normalized spacial score (nSPS) is 17.7. The Bertz CT molecular complexity index is 886. The van der Waals surface area contributed by atoms with Crippen molar-refractivity contribution in [2.75, 3.05) is 5.73 Å². The Morgan fingerprint density at radius 2 is 1.36 bits per heavy atom. The molecule has 2 fully saturated rings. The molecule has 2 aliphatic carbocycles. The molecule has 0 aliphatic heterocycles. The van der Waals surface area contributed by atoms with Gasteiger partial charge in [0.2, 0.25) is 0 Å². The number of hydrogen-bond donors (Lipinski definition) is 1. The number of ether oxygens (including phenoxy) is 2. The SMILES string of the molecule is Cc1cc(OC2(C)CC2)ccc1N.Cc1cc(OC2(C)CC2)ccc1[N+](=O)[O-]. The summed E-state index contributed by atoms with van der Waals surface area (Å²) in [5.41, 5.74) is 8.47. The zero-order valence-corrected chi connectivity index (χ0v) is 17.0. The van der Waals surface area contributed by atoms with Crippen LogP contribution in [0, 0.1) is 24.0 Å². The standard InChI is InChI=1S/C11H13NO3.C11H15NO/c1-8-7-9(15-11(2)5-6-11)3-4-10(8)12(13)14;1-8-7-9(3-4-10(8)12)13-11(2)5-6-11/h3-4,7H,5-6H2,1-2H3;3-4,7H,5-6,12H2,1-2H3. The van der Waals surface area contributed by atoms with E-state index >= 15 is 0 Å². The number of nitro groups is 1. The summed E-state index contributed by atoms with van der Waals surface area (Å²) in [6, 6.07) is 10.7. The summed E-state index contributed by atoms with van der Waals surface area (Å²) in [7, 11) is 0. The van der Waals surface area contributed by atoms with Crippen LogP contribution in [0.4, 0.5) is 11.4 Å². The molecule has 6 nitrogen and oxygen atoms in total. The molecule has 2 aliphatic rings.